The van der Waals surface area contributed by atoms with E-state index >= 15 is 0 Å². The molecule has 3 nitrogen and oxygen atoms in total. The Balaban J connectivity index is 1.82. The third-order valence-corrected chi connectivity index (χ3v) is 4.83. The minimum absolute atomic E-state index is 0.320. The number of hydrogen-bond donors (Lipinski definition) is 2. The lowest BCUT2D eigenvalue weighted by molar-refractivity contribution is 0.476. The SMILES string of the molecule is CCCCCCCNc1c2c(nc3ccc(O)cc13)CCCC2. The average molecular weight is 312 g/mol. The van der Waals surface area contributed by atoms with Crippen molar-refractivity contribution in [3.05, 3.63) is 29.5 Å². The van der Waals surface area contributed by atoms with Gasteiger partial charge in [-0.15, -0.1) is 0 Å². The molecule has 0 fully saturated rings. The van der Waals surface area contributed by atoms with Crippen molar-refractivity contribution in [2.75, 3.05) is 11.9 Å². The Bertz CT molecular complexity index is 666. The largest absolute Gasteiger partial charge is 0.508 e. The van der Waals surface area contributed by atoms with E-state index in [0.717, 1.165) is 30.3 Å². The highest BCUT2D eigenvalue weighted by Gasteiger charge is 2.18. The van der Waals surface area contributed by atoms with Crippen LogP contribution >= 0.6 is 0 Å². The van der Waals surface area contributed by atoms with Crippen molar-refractivity contribution < 1.29 is 5.11 Å². The van der Waals surface area contributed by atoms with Crippen LogP contribution < -0.4 is 5.32 Å². The standard InChI is InChI=1S/C20H28N2O/c1-2-3-4-5-8-13-21-20-16-9-6-7-10-18(16)22-19-12-11-15(23)14-17(19)20/h11-12,14,23H,2-10,13H2,1H3,(H,21,22). The molecule has 0 atom stereocenters. The Morgan fingerprint density at radius 3 is 2.78 bits per heavy atom. The van der Waals surface area contributed by atoms with Gasteiger partial charge in [0.2, 0.25) is 0 Å². The summed E-state index contributed by atoms with van der Waals surface area (Å²) in [5.41, 5.74) is 4.85. The quantitative estimate of drug-likeness (QED) is 0.691. The van der Waals surface area contributed by atoms with Crippen LogP contribution in [-0.4, -0.2) is 16.6 Å². The number of unbranched alkanes of at least 4 members (excludes halogenated alkanes) is 4. The van der Waals surface area contributed by atoms with E-state index in [1.807, 2.05) is 12.1 Å². The summed E-state index contributed by atoms with van der Waals surface area (Å²) in [5.74, 6) is 0.320. The summed E-state index contributed by atoms with van der Waals surface area (Å²) in [6.45, 7) is 3.25. The molecule has 1 aromatic carbocycles. The van der Waals surface area contributed by atoms with Gasteiger partial charge in [0.15, 0.2) is 0 Å². The van der Waals surface area contributed by atoms with E-state index < -0.39 is 0 Å². The average Bonchev–Trinajstić information content (AvgIpc) is 2.57. The number of phenols is 1. The number of rotatable bonds is 7. The molecule has 0 bridgehead atoms. The van der Waals surface area contributed by atoms with Gasteiger partial charge in [-0.05, 0) is 55.9 Å². The third-order valence-electron chi connectivity index (χ3n) is 4.83. The van der Waals surface area contributed by atoms with E-state index in [-0.39, 0.29) is 0 Å². The minimum Gasteiger partial charge on any atom is -0.508 e. The highest BCUT2D eigenvalue weighted by Crippen LogP contribution is 2.34. The summed E-state index contributed by atoms with van der Waals surface area (Å²) in [6.07, 6.45) is 11.1. The lowest BCUT2D eigenvalue weighted by Gasteiger charge is -2.22. The zero-order chi connectivity index (χ0) is 16.1. The fourth-order valence-corrected chi connectivity index (χ4v) is 3.56. The summed E-state index contributed by atoms with van der Waals surface area (Å²) in [5, 5.41) is 14.6. The number of nitrogens with one attached hydrogen (secondary N) is 1. The van der Waals surface area contributed by atoms with Gasteiger partial charge in [-0.3, -0.25) is 4.98 Å². The van der Waals surface area contributed by atoms with E-state index in [0.29, 0.717) is 5.75 Å². The number of benzene rings is 1. The molecular formula is C20H28N2O. The Labute approximate surface area is 139 Å². The van der Waals surface area contributed by atoms with Crippen molar-refractivity contribution in [3.63, 3.8) is 0 Å². The van der Waals surface area contributed by atoms with Gasteiger partial charge in [-0.2, -0.15) is 0 Å². The third kappa shape index (κ3) is 3.77. The van der Waals surface area contributed by atoms with E-state index in [9.17, 15) is 5.11 Å². The predicted molar refractivity (Wildman–Crippen MR) is 97.3 cm³/mol. The Hall–Kier alpha value is -1.77. The molecule has 0 amide bonds. The van der Waals surface area contributed by atoms with Crippen LogP contribution in [0.1, 0.15) is 63.1 Å². The lowest BCUT2D eigenvalue weighted by atomic mass is 9.92. The first-order valence-electron chi connectivity index (χ1n) is 9.18. The minimum atomic E-state index is 0.320. The molecule has 2 N–H and O–H groups in total. The zero-order valence-electron chi connectivity index (χ0n) is 14.2. The van der Waals surface area contributed by atoms with Gasteiger partial charge >= 0.3 is 0 Å². The van der Waals surface area contributed by atoms with Crippen LogP contribution in [0.4, 0.5) is 5.69 Å². The second-order valence-corrected chi connectivity index (χ2v) is 6.66. The molecule has 23 heavy (non-hydrogen) atoms. The van der Waals surface area contributed by atoms with Crippen LogP contribution in [0.3, 0.4) is 0 Å². The number of aromatic nitrogens is 1. The van der Waals surface area contributed by atoms with Gasteiger partial charge < -0.3 is 10.4 Å². The maximum Gasteiger partial charge on any atom is 0.116 e. The van der Waals surface area contributed by atoms with E-state index in [2.05, 4.69) is 12.2 Å². The maximum absolute atomic E-state index is 9.87. The molecule has 0 spiro atoms. The molecule has 0 saturated heterocycles. The van der Waals surface area contributed by atoms with Crippen molar-refractivity contribution in [3.8, 4) is 5.75 Å². The lowest BCUT2D eigenvalue weighted by Crippen LogP contribution is -2.12. The first-order chi connectivity index (χ1) is 11.3. The molecular weight excluding hydrogens is 284 g/mol. The molecule has 1 aliphatic rings. The molecule has 1 aliphatic carbocycles. The highest BCUT2D eigenvalue weighted by molar-refractivity contribution is 5.94. The molecule has 0 aliphatic heterocycles. The van der Waals surface area contributed by atoms with Crippen LogP contribution in [0.5, 0.6) is 5.75 Å². The molecule has 3 heteroatoms. The second kappa shape index (κ2) is 7.67. The van der Waals surface area contributed by atoms with Crippen molar-refractivity contribution >= 4 is 16.6 Å². The Morgan fingerprint density at radius 2 is 1.91 bits per heavy atom. The summed E-state index contributed by atoms with van der Waals surface area (Å²) in [4.78, 5) is 4.84. The number of hydrogen-bond acceptors (Lipinski definition) is 3. The van der Waals surface area contributed by atoms with Crippen molar-refractivity contribution in [1.82, 2.24) is 4.98 Å². The van der Waals surface area contributed by atoms with Gasteiger partial charge in [0.05, 0.1) is 5.52 Å². The molecule has 1 aromatic heterocycles. The van der Waals surface area contributed by atoms with Crippen LogP contribution in [0.2, 0.25) is 0 Å². The first kappa shape index (κ1) is 16.1. The topological polar surface area (TPSA) is 45.2 Å². The summed E-state index contributed by atoms with van der Waals surface area (Å²) in [6, 6.07) is 5.53. The van der Waals surface area contributed by atoms with Crippen LogP contribution in [0, 0.1) is 0 Å². The normalized spacial score (nSPS) is 14.0. The van der Waals surface area contributed by atoms with Crippen LogP contribution in [0.15, 0.2) is 18.2 Å². The van der Waals surface area contributed by atoms with E-state index in [1.165, 1.54) is 61.9 Å². The highest BCUT2D eigenvalue weighted by atomic mass is 16.3. The fourth-order valence-electron chi connectivity index (χ4n) is 3.56. The number of aromatic hydroxyl groups is 1. The molecule has 0 radical (unpaired) electrons. The molecule has 0 unspecified atom stereocenters. The number of nitrogens with zero attached hydrogens (tertiary/aromatic N) is 1. The number of anilines is 1. The monoisotopic (exact) mass is 312 g/mol. The Kier molecular flexibility index (Phi) is 5.37. The number of fused-ring (bicyclic) bond motifs is 2. The van der Waals surface area contributed by atoms with Gasteiger partial charge in [0.1, 0.15) is 5.75 Å². The van der Waals surface area contributed by atoms with Crippen molar-refractivity contribution in [2.24, 2.45) is 0 Å². The van der Waals surface area contributed by atoms with Gasteiger partial charge in [-0.25, -0.2) is 0 Å². The zero-order valence-corrected chi connectivity index (χ0v) is 14.2. The molecule has 124 valence electrons. The molecule has 2 aromatic rings. The molecule has 0 saturated carbocycles. The fraction of sp³-hybridized carbons (Fsp3) is 0.550. The van der Waals surface area contributed by atoms with Crippen molar-refractivity contribution in [1.29, 1.82) is 0 Å². The smallest absolute Gasteiger partial charge is 0.116 e. The number of pyridine rings is 1. The summed E-state index contributed by atoms with van der Waals surface area (Å²) < 4.78 is 0. The molecule has 3 rings (SSSR count). The van der Waals surface area contributed by atoms with Crippen molar-refractivity contribution in [2.45, 2.75) is 64.7 Å². The van der Waals surface area contributed by atoms with E-state index in [1.54, 1.807) is 6.07 Å². The predicted octanol–water partition coefficient (Wildman–Crippen LogP) is 5.20. The maximum atomic E-state index is 9.87. The van der Waals surface area contributed by atoms with E-state index in [4.69, 9.17) is 4.98 Å². The first-order valence-corrected chi connectivity index (χ1v) is 9.18. The number of phenolic OH excluding ortho intramolecular Hbond substituents is 1. The second-order valence-electron chi connectivity index (χ2n) is 6.66. The van der Waals surface area contributed by atoms with Crippen LogP contribution in [-0.2, 0) is 12.8 Å². The molecule has 1 heterocycles. The Morgan fingerprint density at radius 1 is 1.09 bits per heavy atom. The van der Waals surface area contributed by atoms with Gasteiger partial charge in [0, 0.05) is 23.3 Å². The van der Waals surface area contributed by atoms with Gasteiger partial charge in [-0.1, -0.05) is 32.6 Å². The summed E-state index contributed by atoms with van der Waals surface area (Å²) in [7, 11) is 0. The van der Waals surface area contributed by atoms with Gasteiger partial charge in [0.25, 0.3) is 0 Å². The van der Waals surface area contributed by atoms with Crippen LogP contribution in [0.25, 0.3) is 10.9 Å². The number of aryl methyl sites for hydroxylation is 1. The summed E-state index contributed by atoms with van der Waals surface area (Å²) >= 11 is 0.